The first-order chi connectivity index (χ1) is 4.11. The van der Waals surface area contributed by atoms with Gasteiger partial charge in [-0.05, 0) is 0 Å². The van der Waals surface area contributed by atoms with E-state index in [1.54, 1.807) is 0 Å². The van der Waals surface area contributed by atoms with Crippen molar-refractivity contribution in [3.63, 3.8) is 0 Å². The van der Waals surface area contributed by atoms with Crippen LogP contribution in [0.15, 0.2) is 6.26 Å². The van der Waals surface area contributed by atoms with Gasteiger partial charge >= 0.3 is 6.30 Å². The van der Waals surface area contributed by atoms with Crippen LogP contribution in [-0.2, 0) is 4.74 Å². The van der Waals surface area contributed by atoms with Crippen LogP contribution in [0.2, 0.25) is 0 Å². The molecule has 1 aliphatic heterocycles. The molecule has 0 aliphatic carbocycles. The molecule has 0 bridgehead atoms. The largest absolute Gasteiger partial charge is 0.487 e. The zero-order valence-electron chi connectivity index (χ0n) is 4.27. The first kappa shape index (κ1) is 6.25. The van der Waals surface area contributed by atoms with E-state index in [1.165, 1.54) is 0 Å². The predicted molar refractivity (Wildman–Crippen MR) is 21.7 cm³/mol. The molecule has 1 heterocycles. The van der Waals surface area contributed by atoms with Crippen LogP contribution < -0.4 is 0 Å². The quantitative estimate of drug-likeness (QED) is 0.464. The normalized spacial score (nSPS) is 18.3. The van der Waals surface area contributed by atoms with Crippen molar-refractivity contribution in [2.75, 3.05) is 6.73 Å². The van der Waals surface area contributed by atoms with Crippen molar-refractivity contribution in [1.29, 1.82) is 0 Å². The standard InChI is InChI=1S/C4H3F3NO/c5-4(6,7)8-1-2-9-3-8/h2H,3H2. The summed E-state index contributed by atoms with van der Waals surface area (Å²) < 4.78 is 38.8. The molecular formula is C4H3F3NO. The maximum absolute atomic E-state index is 11.5. The summed E-state index contributed by atoms with van der Waals surface area (Å²) in [6.07, 6.45) is -1.61. The highest BCUT2D eigenvalue weighted by molar-refractivity contribution is 4.72. The van der Waals surface area contributed by atoms with Gasteiger partial charge in [-0.3, -0.25) is 0 Å². The third-order valence-electron chi connectivity index (χ3n) is 0.802. The van der Waals surface area contributed by atoms with Crippen LogP contribution in [0, 0.1) is 6.20 Å². The van der Waals surface area contributed by atoms with Crippen LogP contribution in [0.25, 0.3) is 0 Å². The van der Waals surface area contributed by atoms with Crippen LogP contribution >= 0.6 is 0 Å². The van der Waals surface area contributed by atoms with E-state index in [9.17, 15) is 13.2 Å². The molecule has 9 heavy (non-hydrogen) atoms. The van der Waals surface area contributed by atoms with Gasteiger partial charge in [-0.15, -0.1) is 13.2 Å². The summed E-state index contributed by atoms with van der Waals surface area (Å²) in [4.78, 5) is 0.0208. The molecule has 0 aromatic carbocycles. The van der Waals surface area contributed by atoms with Gasteiger partial charge in [-0.1, -0.05) is 0 Å². The lowest BCUT2D eigenvalue weighted by atomic mass is 10.8. The van der Waals surface area contributed by atoms with E-state index in [4.69, 9.17) is 0 Å². The topological polar surface area (TPSA) is 12.5 Å². The molecule has 0 fully saturated rings. The maximum Gasteiger partial charge on any atom is 0.487 e. The zero-order valence-corrected chi connectivity index (χ0v) is 4.27. The lowest BCUT2D eigenvalue weighted by Crippen LogP contribution is -2.32. The Morgan fingerprint density at radius 1 is 1.56 bits per heavy atom. The lowest BCUT2D eigenvalue weighted by molar-refractivity contribution is -0.239. The average molecular weight is 138 g/mol. The van der Waals surface area contributed by atoms with Crippen molar-refractivity contribution in [3.8, 4) is 0 Å². The van der Waals surface area contributed by atoms with E-state index in [0.29, 0.717) is 0 Å². The molecule has 1 rings (SSSR count). The van der Waals surface area contributed by atoms with Gasteiger partial charge in [-0.2, -0.15) is 0 Å². The molecule has 0 aromatic heterocycles. The number of ether oxygens (including phenoxy) is 1. The number of hydrogen-bond acceptors (Lipinski definition) is 2. The molecule has 0 amide bonds. The van der Waals surface area contributed by atoms with Crippen molar-refractivity contribution in [2.45, 2.75) is 6.30 Å². The van der Waals surface area contributed by atoms with Crippen LogP contribution in [-0.4, -0.2) is 17.9 Å². The summed E-state index contributed by atoms with van der Waals surface area (Å²) in [6.45, 7) is -0.483. The molecule has 0 atom stereocenters. The molecule has 1 radical (unpaired) electrons. The summed E-state index contributed by atoms with van der Waals surface area (Å²) in [7, 11) is 0. The average Bonchev–Trinajstić information content (AvgIpc) is 2.08. The minimum atomic E-state index is -4.35. The molecule has 0 unspecified atom stereocenters. The van der Waals surface area contributed by atoms with Gasteiger partial charge in [0.25, 0.3) is 0 Å². The Kier molecular flexibility index (Phi) is 1.27. The summed E-state index contributed by atoms with van der Waals surface area (Å²) in [5, 5.41) is 0. The smallest absolute Gasteiger partial charge is 0.478 e. The summed E-state index contributed by atoms with van der Waals surface area (Å²) in [6, 6.07) is 0. The Hall–Kier alpha value is -0.870. The van der Waals surface area contributed by atoms with Gasteiger partial charge in [-0.25, -0.2) is 4.90 Å². The second-order valence-electron chi connectivity index (χ2n) is 1.44. The van der Waals surface area contributed by atoms with Crippen LogP contribution in [0.3, 0.4) is 0 Å². The van der Waals surface area contributed by atoms with E-state index in [2.05, 4.69) is 4.74 Å². The lowest BCUT2D eigenvalue weighted by Gasteiger charge is -2.15. The number of rotatable bonds is 0. The molecule has 51 valence electrons. The van der Waals surface area contributed by atoms with Gasteiger partial charge in [0.2, 0.25) is 0 Å². The summed E-state index contributed by atoms with van der Waals surface area (Å²) in [5.74, 6) is 0. The fourth-order valence-corrected chi connectivity index (χ4v) is 0.396. The van der Waals surface area contributed by atoms with Crippen LogP contribution in [0.5, 0.6) is 0 Å². The SMILES string of the molecule is FC(F)(F)N1[C]=COC1. The maximum atomic E-state index is 11.5. The fourth-order valence-electron chi connectivity index (χ4n) is 0.396. The van der Waals surface area contributed by atoms with Crippen molar-refractivity contribution >= 4 is 0 Å². The van der Waals surface area contributed by atoms with E-state index in [0.717, 1.165) is 6.26 Å². The van der Waals surface area contributed by atoms with Crippen LogP contribution in [0.4, 0.5) is 13.2 Å². The zero-order chi connectivity index (χ0) is 6.91. The Labute approximate surface area is 49.5 Å². The number of hydrogen-bond donors (Lipinski definition) is 0. The molecule has 0 N–H and O–H groups in total. The summed E-state index contributed by atoms with van der Waals surface area (Å²) in [5.41, 5.74) is 0. The molecule has 5 heteroatoms. The highest BCUT2D eigenvalue weighted by Gasteiger charge is 2.37. The Morgan fingerprint density at radius 3 is 2.44 bits per heavy atom. The molecule has 0 aromatic rings. The Bertz CT molecular complexity index is 130. The second-order valence-corrected chi connectivity index (χ2v) is 1.44. The molecule has 0 saturated heterocycles. The van der Waals surface area contributed by atoms with Crippen molar-refractivity contribution in [2.24, 2.45) is 0 Å². The minimum absolute atomic E-state index is 0.0208. The first-order valence-electron chi connectivity index (χ1n) is 2.14. The third-order valence-corrected chi connectivity index (χ3v) is 0.802. The van der Waals surface area contributed by atoms with Crippen molar-refractivity contribution in [1.82, 2.24) is 4.90 Å². The fraction of sp³-hybridized carbons (Fsp3) is 0.500. The van der Waals surface area contributed by atoms with E-state index in [1.807, 2.05) is 6.20 Å². The van der Waals surface area contributed by atoms with Gasteiger partial charge < -0.3 is 4.74 Å². The van der Waals surface area contributed by atoms with Gasteiger partial charge in [0.05, 0.1) is 0 Å². The van der Waals surface area contributed by atoms with Gasteiger partial charge in [0.15, 0.2) is 6.73 Å². The van der Waals surface area contributed by atoms with E-state index < -0.39 is 13.0 Å². The first-order valence-corrected chi connectivity index (χ1v) is 2.14. The monoisotopic (exact) mass is 138 g/mol. The van der Waals surface area contributed by atoms with E-state index in [-0.39, 0.29) is 4.90 Å². The number of alkyl halides is 3. The predicted octanol–water partition coefficient (Wildman–Crippen LogP) is 1.07. The molecule has 0 saturated carbocycles. The number of halogens is 3. The number of nitrogens with zero attached hydrogens (tertiary/aromatic N) is 1. The van der Waals surface area contributed by atoms with Crippen molar-refractivity contribution < 1.29 is 17.9 Å². The molecule has 1 aliphatic rings. The minimum Gasteiger partial charge on any atom is -0.478 e. The molecule has 2 nitrogen and oxygen atoms in total. The highest BCUT2D eigenvalue weighted by atomic mass is 19.4. The van der Waals surface area contributed by atoms with Gasteiger partial charge in [0, 0.05) is 0 Å². The van der Waals surface area contributed by atoms with Crippen LogP contribution in [0.1, 0.15) is 0 Å². The van der Waals surface area contributed by atoms with E-state index >= 15 is 0 Å². The van der Waals surface area contributed by atoms with Crippen molar-refractivity contribution in [3.05, 3.63) is 12.5 Å². The summed E-state index contributed by atoms with van der Waals surface area (Å²) >= 11 is 0. The Morgan fingerprint density at radius 2 is 2.22 bits per heavy atom. The van der Waals surface area contributed by atoms with Gasteiger partial charge in [0.1, 0.15) is 12.5 Å². The molecule has 0 spiro atoms. The highest BCUT2D eigenvalue weighted by Crippen LogP contribution is 2.22. The Balaban J connectivity index is 2.53. The second kappa shape index (κ2) is 1.82. The third kappa shape index (κ3) is 1.28. The molecular weight excluding hydrogens is 135 g/mol.